The molecule has 6 nitrogen and oxygen atoms in total. The first-order chi connectivity index (χ1) is 16.5. The van der Waals surface area contributed by atoms with Gasteiger partial charge in [0.2, 0.25) is 0 Å². The Labute approximate surface area is 197 Å². The third kappa shape index (κ3) is 3.99. The summed E-state index contributed by atoms with van der Waals surface area (Å²) in [6.45, 7) is 0.144. The number of likely N-dealkylation sites (N-methyl/N-ethyl adjacent to an activating group) is 1. The minimum atomic E-state index is -1.08. The SMILES string of the molecule is CN(C(=O)OCC1c2ccccc2-c2ccccc21)C(Cc1ccc2ccncc2c1)C(=O)O. The lowest BCUT2D eigenvalue weighted by molar-refractivity contribution is -0.142. The van der Waals surface area contributed by atoms with Crippen molar-refractivity contribution in [2.45, 2.75) is 18.4 Å². The Morgan fingerprint density at radius 2 is 1.65 bits per heavy atom. The van der Waals surface area contributed by atoms with Gasteiger partial charge >= 0.3 is 12.1 Å². The Morgan fingerprint density at radius 1 is 0.971 bits per heavy atom. The van der Waals surface area contributed by atoms with Gasteiger partial charge in [-0.1, -0.05) is 60.7 Å². The van der Waals surface area contributed by atoms with Crippen molar-refractivity contribution < 1.29 is 19.4 Å². The van der Waals surface area contributed by atoms with E-state index in [9.17, 15) is 14.7 Å². The highest BCUT2D eigenvalue weighted by Gasteiger charge is 2.32. The first-order valence-corrected chi connectivity index (χ1v) is 11.2. The molecule has 0 saturated carbocycles. The zero-order valence-electron chi connectivity index (χ0n) is 18.7. The number of rotatable bonds is 6. The van der Waals surface area contributed by atoms with Crippen LogP contribution in [0.15, 0.2) is 85.2 Å². The number of amides is 1. The van der Waals surface area contributed by atoms with E-state index in [4.69, 9.17) is 4.74 Å². The number of fused-ring (bicyclic) bond motifs is 4. The quantitative estimate of drug-likeness (QED) is 0.440. The van der Waals surface area contributed by atoms with Crippen molar-refractivity contribution in [3.05, 3.63) is 102 Å². The Morgan fingerprint density at radius 3 is 2.32 bits per heavy atom. The molecule has 6 heteroatoms. The van der Waals surface area contributed by atoms with Crippen molar-refractivity contribution in [1.29, 1.82) is 0 Å². The molecule has 1 N–H and O–H groups in total. The molecule has 4 aromatic rings. The number of hydrogen-bond donors (Lipinski definition) is 1. The predicted molar refractivity (Wildman–Crippen MR) is 130 cm³/mol. The number of aliphatic carboxylic acids is 1. The average Bonchev–Trinajstić information content (AvgIpc) is 3.19. The first-order valence-electron chi connectivity index (χ1n) is 11.2. The molecule has 1 aliphatic carbocycles. The smallest absolute Gasteiger partial charge is 0.410 e. The number of benzene rings is 3. The van der Waals surface area contributed by atoms with Crippen LogP contribution in [0.3, 0.4) is 0 Å². The van der Waals surface area contributed by atoms with Gasteiger partial charge in [0.05, 0.1) is 0 Å². The van der Waals surface area contributed by atoms with Crippen LogP contribution < -0.4 is 0 Å². The van der Waals surface area contributed by atoms with Gasteiger partial charge in [0.1, 0.15) is 12.6 Å². The molecule has 1 heterocycles. The maximum absolute atomic E-state index is 12.9. The number of carboxylic acids is 1. The lowest BCUT2D eigenvalue weighted by atomic mass is 9.98. The second-order valence-corrected chi connectivity index (χ2v) is 8.53. The lowest BCUT2D eigenvalue weighted by Gasteiger charge is -2.25. The Hall–Kier alpha value is -4.19. The molecule has 1 amide bonds. The molecule has 34 heavy (non-hydrogen) atoms. The first kappa shape index (κ1) is 21.6. The van der Waals surface area contributed by atoms with Gasteiger partial charge in [-0.05, 0) is 45.3 Å². The number of carbonyl (C=O) groups excluding carboxylic acids is 1. The zero-order valence-corrected chi connectivity index (χ0v) is 18.7. The highest BCUT2D eigenvalue weighted by Crippen LogP contribution is 2.44. The third-order valence-electron chi connectivity index (χ3n) is 6.51. The van der Waals surface area contributed by atoms with E-state index in [1.807, 2.05) is 60.7 Å². The topological polar surface area (TPSA) is 79.7 Å². The maximum atomic E-state index is 12.9. The van der Waals surface area contributed by atoms with Crippen LogP contribution in [0.1, 0.15) is 22.6 Å². The van der Waals surface area contributed by atoms with E-state index in [1.165, 1.54) is 11.9 Å². The minimum absolute atomic E-state index is 0.0824. The summed E-state index contributed by atoms with van der Waals surface area (Å²) < 4.78 is 5.65. The fraction of sp³-hybridized carbons (Fsp3) is 0.179. The summed E-state index contributed by atoms with van der Waals surface area (Å²) in [5.74, 6) is -1.16. The summed E-state index contributed by atoms with van der Waals surface area (Å²) in [5, 5.41) is 11.8. The standard InChI is InChI=1S/C28H24N2O4/c1-30(26(27(31)32)15-18-10-11-19-12-13-29-16-20(19)14-18)28(33)34-17-25-23-8-4-2-6-21(23)22-7-3-5-9-24(22)25/h2-14,16,25-26H,15,17H2,1H3,(H,31,32). The van der Waals surface area contributed by atoms with E-state index in [0.717, 1.165) is 38.6 Å². The molecule has 1 unspecified atom stereocenters. The molecule has 0 saturated heterocycles. The van der Waals surface area contributed by atoms with Crippen molar-refractivity contribution in [2.24, 2.45) is 0 Å². The fourth-order valence-corrected chi connectivity index (χ4v) is 4.70. The van der Waals surface area contributed by atoms with Gasteiger partial charge in [-0.3, -0.25) is 9.88 Å². The molecule has 1 aromatic heterocycles. The summed E-state index contributed by atoms with van der Waals surface area (Å²) in [6.07, 6.45) is 2.97. The van der Waals surface area contributed by atoms with Gasteiger partial charge in [0, 0.05) is 37.2 Å². The predicted octanol–water partition coefficient (Wildman–Crippen LogP) is 5.11. The minimum Gasteiger partial charge on any atom is -0.480 e. The van der Waals surface area contributed by atoms with Crippen LogP contribution in [0.25, 0.3) is 21.9 Å². The number of aromatic nitrogens is 1. The normalized spacial score (nSPS) is 13.2. The molecule has 1 atom stereocenters. The van der Waals surface area contributed by atoms with Crippen molar-refractivity contribution in [3.63, 3.8) is 0 Å². The number of carboxylic acid groups (broad SMARTS) is 1. The molecule has 0 spiro atoms. The largest absolute Gasteiger partial charge is 0.480 e. The molecular weight excluding hydrogens is 428 g/mol. The summed E-state index contributed by atoms with van der Waals surface area (Å²) in [7, 11) is 1.47. The van der Waals surface area contributed by atoms with Crippen molar-refractivity contribution >= 4 is 22.8 Å². The van der Waals surface area contributed by atoms with Gasteiger partial charge in [0.25, 0.3) is 0 Å². The van der Waals surface area contributed by atoms with E-state index in [1.54, 1.807) is 12.4 Å². The zero-order chi connectivity index (χ0) is 23.7. The third-order valence-corrected chi connectivity index (χ3v) is 6.51. The van der Waals surface area contributed by atoms with E-state index >= 15 is 0 Å². The van der Waals surface area contributed by atoms with Crippen LogP contribution in [-0.4, -0.2) is 46.7 Å². The summed E-state index contributed by atoms with van der Waals surface area (Å²) >= 11 is 0. The van der Waals surface area contributed by atoms with Gasteiger partial charge in [-0.2, -0.15) is 0 Å². The van der Waals surface area contributed by atoms with Crippen LogP contribution in [0.2, 0.25) is 0 Å². The molecular formula is C28H24N2O4. The van der Waals surface area contributed by atoms with Gasteiger partial charge in [-0.25, -0.2) is 9.59 Å². The average molecular weight is 453 g/mol. The fourth-order valence-electron chi connectivity index (χ4n) is 4.70. The summed E-state index contributed by atoms with van der Waals surface area (Å²) in [6, 6.07) is 22.8. The molecule has 1 aliphatic rings. The van der Waals surface area contributed by atoms with Gasteiger partial charge in [0.15, 0.2) is 0 Å². The Bertz CT molecular complexity index is 1340. The molecule has 5 rings (SSSR count). The van der Waals surface area contributed by atoms with Crippen molar-refractivity contribution in [3.8, 4) is 11.1 Å². The monoisotopic (exact) mass is 452 g/mol. The van der Waals surface area contributed by atoms with Crippen molar-refractivity contribution in [2.75, 3.05) is 13.7 Å². The number of pyridine rings is 1. The highest BCUT2D eigenvalue weighted by atomic mass is 16.6. The maximum Gasteiger partial charge on any atom is 0.410 e. The van der Waals surface area contributed by atoms with Crippen LogP contribution in [-0.2, 0) is 16.0 Å². The van der Waals surface area contributed by atoms with Gasteiger partial charge < -0.3 is 9.84 Å². The second-order valence-electron chi connectivity index (χ2n) is 8.53. The van der Waals surface area contributed by atoms with Gasteiger partial charge in [-0.15, -0.1) is 0 Å². The summed E-state index contributed by atoms with van der Waals surface area (Å²) in [5.41, 5.74) is 5.31. The van der Waals surface area contributed by atoms with E-state index in [-0.39, 0.29) is 18.9 Å². The Kier molecular flexibility index (Phi) is 5.72. The number of ether oxygens (including phenoxy) is 1. The summed E-state index contributed by atoms with van der Waals surface area (Å²) in [4.78, 5) is 30.2. The van der Waals surface area contributed by atoms with Crippen LogP contribution in [0.5, 0.6) is 0 Å². The molecule has 3 aromatic carbocycles. The van der Waals surface area contributed by atoms with Crippen LogP contribution >= 0.6 is 0 Å². The number of hydrogen-bond acceptors (Lipinski definition) is 4. The molecule has 0 bridgehead atoms. The molecule has 170 valence electrons. The van der Waals surface area contributed by atoms with Crippen molar-refractivity contribution in [1.82, 2.24) is 9.88 Å². The van der Waals surface area contributed by atoms with E-state index in [0.29, 0.717) is 0 Å². The number of carbonyl (C=O) groups is 2. The molecule has 0 aliphatic heterocycles. The van der Waals surface area contributed by atoms with Crippen LogP contribution in [0.4, 0.5) is 4.79 Å². The highest BCUT2D eigenvalue weighted by molar-refractivity contribution is 5.83. The number of nitrogens with zero attached hydrogens (tertiary/aromatic N) is 2. The second kappa shape index (κ2) is 8.98. The molecule has 0 fully saturated rings. The van der Waals surface area contributed by atoms with E-state index < -0.39 is 18.1 Å². The molecule has 0 radical (unpaired) electrons. The Balaban J connectivity index is 1.31. The van der Waals surface area contributed by atoms with Crippen LogP contribution in [0, 0.1) is 0 Å². The lowest BCUT2D eigenvalue weighted by Crippen LogP contribution is -2.44. The van der Waals surface area contributed by atoms with E-state index in [2.05, 4.69) is 17.1 Å².